The fourth-order valence-electron chi connectivity index (χ4n) is 1.65. The molecule has 2 N–H and O–H groups in total. The quantitative estimate of drug-likeness (QED) is 0.880. The molecule has 0 saturated heterocycles. The van der Waals surface area contributed by atoms with E-state index >= 15 is 0 Å². The smallest absolute Gasteiger partial charge is 0.259 e. The zero-order chi connectivity index (χ0) is 14.0. The van der Waals surface area contributed by atoms with Crippen LogP contribution < -0.4 is 5.32 Å². The lowest BCUT2D eigenvalue weighted by Gasteiger charge is -2.09. The Morgan fingerprint density at radius 3 is 2.68 bits per heavy atom. The molecule has 0 bridgehead atoms. The van der Waals surface area contributed by atoms with Crippen molar-refractivity contribution in [1.82, 2.24) is 0 Å². The molecule has 2 rings (SSSR count). The lowest BCUT2D eigenvalue weighted by molar-refractivity contribution is 0.102. The number of phenols is 1. The van der Waals surface area contributed by atoms with Crippen molar-refractivity contribution >= 4 is 23.2 Å². The molecule has 0 saturated carbocycles. The van der Waals surface area contributed by atoms with Gasteiger partial charge in [0.15, 0.2) is 0 Å². The molecule has 0 aromatic heterocycles. The summed E-state index contributed by atoms with van der Waals surface area (Å²) in [6.07, 6.45) is 0. The third kappa shape index (κ3) is 3.03. The van der Waals surface area contributed by atoms with Crippen molar-refractivity contribution in [3.63, 3.8) is 0 Å². The summed E-state index contributed by atoms with van der Waals surface area (Å²) in [5.74, 6) is -1.04. The van der Waals surface area contributed by atoms with E-state index in [1.165, 1.54) is 36.4 Å². The average Bonchev–Trinajstić information content (AvgIpc) is 2.35. The van der Waals surface area contributed by atoms with Crippen LogP contribution in [-0.4, -0.2) is 11.0 Å². The monoisotopic (exact) mass is 279 g/mol. The minimum Gasteiger partial charge on any atom is -0.507 e. The van der Waals surface area contributed by atoms with Crippen LogP contribution in [0, 0.1) is 12.7 Å². The SMILES string of the molecule is Cc1cc(F)ccc1NC(=O)c1cc(Cl)ccc1O. The molecule has 1 amide bonds. The highest BCUT2D eigenvalue weighted by molar-refractivity contribution is 6.31. The first-order chi connectivity index (χ1) is 8.97. The van der Waals surface area contributed by atoms with Crippen molar-refractivity contribution < 1.29 is 14.3 Å². The normalized spacial score (nSPS) is 10.3. The average molecular weight is 280 g/mol. The molecule has 0 unspecified atom stereocenters. The second-order valence-electron chi connectivity index (χ2n) is 4.07. The Bertz CT molecular complexity index is 643. The van der Waals surface area contributed by atoms with Gasteiger partial charge in [-0.1, -0.05) is 11.6 Å². The molecule has 0 aliphatic carbocycles. The van der Waals surface area contributed by atoms with Crippen LogP contribution in [0.2, 0.25) is 5.02 Å². The summed E-state index contributed by atoms with van der Waals surface area (Å²) in [7, 11) is 0. The third-order valence-electron chi connectivity index (χ3n) is 2.64. The van der Waals surface area contributed by atoms with Gasteiger partial charge in [0.2, 0.25) is 0 Å². The van der Waals surface area contributed by atoms with Crippen LogP contribution in [0.3, 0.4) is 0 Å². The van der Waals surface area contributed by atoms with Gasteiger partial charge < -0.3 is 10.4 Å². The van der Waals surface area contributed by atoms with E-state index in [1.54, 1.807) is 6.92 Å². The number of aromatic hydroxyl groups is 1. The maximum absolute atomic E-state index is 13.0. The molecule has 2 aromatic carbocycles. The van der Waals surface area contributed by atoms with Gasteiger partial charge in [-0.3, -0.25) is 4.79 Å². The van der Waals surface area contributed by atoms with E-state index < -0.39 is 5.91 Å². The number of carbonyl (C=O) groups excluding carboxylic acids is 1. The predicted octanol–water partition coefficient (Wildman–Crippen LogP) is 3.75. The Morgan fingerprint density at radius 1 is 1.26 bits per heavy atom. The molecule has 3 nitrogen and oxygen atoms in total. The second-order valence-corrected chi connectivity index (χ2v) is 4.51. The van der Waals surface area contributed by atoms with E-state index in [0.717, 1.165) is 0 Å². The summed E-state index contributed by atoms with van der Waals surface area (Å²) in [6, 6.07) is 8.22. The van der Waals surface area contributed by atoms with Crippen molar-refractivity contribution in [2.24, 2.45) is 0 Å². The van der Waals surface area contributed by atoms with Gasteiger partial charge in [0.05, 0.1) is 5.56 Å². The first-order valence-electron chi connectivity index (χ1n) is 5.53. The largest absolute Gasteiger partial charge is 0.507 e. The highest BCUT2D eigenvalue weighted by Gasteiger charge is 2.13. The first-order valence-corrected chi connectivity index (χ1v) is 5.91. The number of nitrogens with one attached hydrogen (secondary N) is 1. The zero-order valence-corrected chi connectivity index (χ0v) is 10.8. The van der Waals surface area contributed by atoms with Crippen molar-refractivity contribution in [3.05, 3.63) is 58.4 Å². The van der Waals surface area contributed by atoms with Gasteiger partial charge in [0, 0.05) is 10.7 Å². The Hall–Kier alpha value is -2.07. The van der Waals surface area contributed by atoms with Crippen molar-refractivity contribution in [2.45, 2.75) is 6.92 Å². The molecular formula is C14H11ClFNO2. The summed E-state index contributed by atoms with van der Waals surface area (Å²) in [5, 5.41) is 12.6. The van der Waals surface area contributed by atoms with Gasteiger partial charge in [-0.15, -0.1) is 0 Å². The minimum absolute atomic E-state index is 0.0659. The van der Waals surface area contributed by atoms with Crippen LogP contribution in [0.25, 0.3) is 0 Å². The lowest BCUT2D eigenvalue weighted by atomic mass is 10.1. The zero-order valence-electron chi connectivity index (χ0n) is 10.1. The topological polar surface area (TPSA) is 49.3 Å². The molecule has 0 aliphatic heterocycles. The van der Waals surface area contributed by atoms with Crippen LogP contribution in [0.4, 0.5) is 10.1 Å². The van der Waals surface area contributed by atoms with E-state index in [0.29, 0.717) is 16.3 Å². The molecule has 0 heterocycles. The van der Waals surface area contributed by atoms with Gasteiger partial charge in [0.25, 0.3) is 5.91 Å². The molecule has 2 aromatic rings. The van der Waals surface area contributed by atoms with Crippen molar-refractivity contribution in [1.29, 1.82) is 0 Å². The highest BCUT2D eigenvalue weighted by Crippen LogP contribution is 2.23. The fraction of sp³-hybridized carbons (Fsp3) is 0.0714. The maximum Gasteiger partial charge on any atom is 0.259 e. The molecule has 98 valence electrons. The van der Waals surface area contributed by atoms with Gasteiger partial charge in [-0.25, -0.2) is 4.39 Å². The number of aryl methyl sites for hydroxylation is 1. The third-order valence-corrected chi connectivity index (χ3v) is 2.87. The standard InChI is InChI=1S/C14H11ClFNO2/c1-8-6-10(16)3-4-12(8)17-14(19)11-7-9(15)2-5-13(11)18/h2-7,18H,1H3,(H,17,19). The van der Waals surface area contributed by atoms with E-state index in [1.807, 2.05) is 0 Å². The summed E-state index contributed by atoms with van der Waals surface area (Å²) in [4.78, 5) is 12.0. The number of halogens is 2. The fourth-order valence-corrected chi connectivity index (χ4v) is 1.82. The molecule has 0 fully saturated rings. The Labute approximate surface area is 114 Å². The van der Waals surface area contributed by atoms with Crippen molar-refractivity contribution in [2.75, 3.05) is 5.32 Å². The Balaban J connectivity index is 2.28. The number of hydrogen-bond acceptors (Lipinski definition) is 2. The van der Waals surface area contributed by atoms with E-state index in [2.05, 4.69) is 5.32 Å². The molecular weight excluding hydrogens is 269 g/mol. The number of benzene rings is 2. The number of hydrogen-bond donors (Lipinski definition) is 2. The van der Waals surface area contributed by atoms with Crippen LogP contribution in [0.5, 0.6) is 5.75 Å². The summed E-state index contributed by atoms with van der Waals surface area (Å²) >= 11 is 5.78. The van der Waals surface area contributed by atoms with Crippen LogP contribution in [0.15, 0.2) is 36.4 Å². The van der Waals surface area contributed by atoms with Crippen LogP contribution in [-0.2, 0) is 0 Å². The van der Waals surface area contributed by atoms with E-state index in [-0.39, 0.29) is 17.1 Å². The predicted molar refractivity (Wildman–Crippen MR) is 72.2 cm³/mol. The summed E-state index contributed by atoms with van der Waals surface area (Å²) in [6.45, 7) is 1.68. The van der Waals surface area contributed by atoms with Crippen LogP contribution in [0.1, 0.15) is 15.9 Å². The summed E-state index contributed by atoms with van der Waals surface area (Å²) < 4.78 is 13.0. The Morgan fingerprint density at radius 2 is 2.00 bits per heavy atom. The van der Waals surface area contributed by atoms with Gasteiger partial charge in [-0.05, 0) is 48.9 Å². The molecule has 0 aliphatic rings. The highest BCUT2D eigenvalue weighted by atomic mass is 35.5. The molecule has 0 radical (unpaired) electrons. The minimum atomic E-state index is -0.505. The Kier molecular flexibility index (Phi) is 3.71. The number of carbonyl (C=O) groups is 1. The lowest BCUT2D eigenvalue weighted by Crippen LogP contribution is -2.13. The molecule has 0 atom stereocenters. The summed E-state index contributed by atoms with van der Waals surface area (Å²) in [5.41, 5.74) is 1.14. The maximum atomic E-state index is 13.0. The molecule has 19 heavy (non-hydrogen) atoms. The van der Waals surface area contributed by atoms with E-state index in [4.69, 9.17) is 11.6 Å². The van der Waals surface area contributed by atoms with E-state index in [9.17, 15) is 14.3 Å². The number of amides is 1. The van der Waals surface area contributed by atoms with Gasteiger partial charge >= 0.3 is 0 Å². The number of anilines is 1. The number of rotatable bonds is 2. The van der Waals surface area contributed by atoms with Gasteiger partial charge in [-0.2, -0.15) is 0 Å². The molecule has 0 spiro atoms. The molecule has 5 heteroatoms. The second kappa shape index (κ2) is 5.28. The number of phenolic OH excluding ortho intramolecular Hbond substituents is 1. The van der Waals surface area contributed by atoms with Crippen molar-refractivity contribution in [3.8, 4) is 5.75 Å². The van der Waals surface area contributed by atoms with Crippen LogP contribution >= 0.6 is 11.6 Å². The first kappa shape index (κ1) is 13.4. The van der Waals surface area contributed by atoms with Gasteiger partial charge in [0.1, 0.15) is 11.6 Å².